The van der Waals surface area contributed by atoms with Crippen LogP contribution in [-0.2, 0) is 6.42 Å². The quantitative estimate of drug-likeness (QED) is 0.403. The van der Waals surface area contributed by atoms with Crippen LogP contribution in [0, 0.1) is 0 Å². The maximum Gasteiger partial charge on any atom is 0.268 e. The van der Waals surface area contributed by atoms with E-state index in [2.05, 4.69) is 4.98 Å². The van der Waals surface area contributed by atoms with Crippen LogP contribution in [-0.4, -0.2) is 39.9 Å². The van der Waals surface area contributed by atoms with Crippen LogP contribution in [0.2, 0.25) is 5.02 Å². The van der Waals surface area contributed by atoms with Crippen molar-refractivity contribution in [2.45, 2.75) is 31.9 Å². The average molecular weight is 480 g/mol. The number of nitrogens with two attached hydrogens (primary N) is 1. The number of aliphatic hydroxyl groups excluding tert-OH is 1. The molecule has 0 bridgehead atoms. The number of aromatic nitrogens is 2. The third-order valence-corrected chi connectivity index (χ3v) is 5.15. The summed E-state index contributed by atoms with van der Waals surface area (Å²) in [5.41, 5.74) is 6.48. The molecule has 0 fully saturated rings. The molecule has 0 spiro atoms. The Bertz CT molecular complexity index is 993. The van der Waals surface area contributed by atoms with Crippen LogP contribution in [0.3, 0.4) is 0 Å². The number of amides is 1. The van der Waals surface area contributed by atoms with Crippen molar-refractivity contribution < 1.29 is 19.4 Å². The molecule has 7 nitrogen and oxygen atoms in total. The molecule has 0 aliphatic carbocycles. The lowest BCUT2D eigenvalue weighted by molar-refractivity contribution is 0.0994. The number of aliphatic hydroxyl groups is 1. The molecule has 9 heteroatoms. The molecular weight excluding hydrogens is 453 g/mol. The zero-order valence-electron chi connectivity index (χ0n) is 17.7. The van der Waals surface area contributed by atoms with Gasteiger partial charge in [-0.2, -0.15) is 0 Å². The lowest BCUT2D eigenvalue weighted by Gasteiger charge is -2.22. The molecule has 2 aromatic carbocycles. The van der Waals surface area contributed by atoms with E-state index in [1.54, 1.807) is 29.8 Å². The Balaban J connectivity index is 0.00000363. The number of rotatable bonds is 11. The van der Waals surface area contributed by atoms with Gasteiger partial charge in [0.25, 0.3) is 5.91 Å². The van der Waals surface area contributed by atoms with Crippen molar-refractivity contribution in [1.29, 1.82) is 0 Å². The van der Waals surface area contributed by atoms with Crippen molar-refractivity contribution in [1.82, 2.24) is 9.55 Å². The summed E-state index contributed by atoms with van der Waals surface area (Å²) >= 11 is 5.87. The second-order valence-corrected chi connectivity index (χ2v) is 7.61. The van der Waals surface area contributed by atoms with E-state index in [0.717, 1.165) is 17.1 Å². The Labute approximate surface area is 198 Å². The summed E-state index contributed by atoms with van der Waals surface area (Å²) in [6, 6.07) is 14.7. The monoisotopic (exact) mass is 479 g/mol. The molecule has 172 valence electrons. The maximum absolute atomic E-state index is 11.3. The van der Waals surface area contributed by atoms with E-state index in [1.165, 1.54) is 6.33 Å². The van der Waals surface area contributed by atoms with Gasteiger partial charge in [-0.25, -0.2) is 4.98 Å². The number of carbonyl (C=O) groups excluding carboxylic acids is 1. The highest BCUT2D eigenvalue weighted by molar-refractivity contribution is 6.30. The molecule has 32 heavy (non-hydrogen) atoms. The van der Waals surface area contributed by atoms with Gasteiger partial charge in [0.1, 0.15) is 30.4 Å². The van der Waals surface area contributed by atoms with Crippen LogP contribution in [0.15, 0.2) is 61.1 Å². The number of imidazole rings is 1. The van der Waals surface area contributed by atoms with E-state index >= 15 is 0 Å². The molecule has 3 aromatic rings. The molecule has 0 aliphatic heterocycles. The Morgan fingerprint density at radius 1 is 1.16 bits per heavy atom. The third kappa shape index (κ3) is 7.15. The van der Waals surface area contributed by atoms with Crippen LogP contribution < -0.4 is 15.2 Å². The second-order valence-electron chi connectivity index (χ2n) is 7.18. The van der Waals surface area contributed by atoms with E-state index < -0.39 is 12.0 Å². The minimum Gasteiger partial charge on any atom is -0.490 e. The SMILES string of the molecule is C[C@H](O)[C@@H](CCc1ccccc1OCCOc1ccc(Cl)cc1)n1cnc(C(N)=O)c1.Cl. The van der Waals surface area contributed by atoms with Gasteiger partial charge >= 0.3 is 0 Å². The smallest absolute Gasteiger partial charge is 0.268 e. The van der Waals surface area contributed by atoms with Crippen molar-refractivity contribution in [2.24, 2.45) is 5.73 Å². The van der Waals surface area contributed by atoms with E-state index in [9.17, 15) is 9.90 Å². The highest BCUT2D eigenvalue weighted by Gasteiger charge is 2.19. The van der Waals surface area contributed by atoms with Crippen LogP contribution in [0.25, 0.3) is 0 Å². The summed E-state index contributed by atoms with van der Waals surface area (Å²) in [5, 5.41) is 10.9. The van der Waals surface area contributed by atoms with Crippen LogP contribution in [0.4, 0.5) is 0 Å². The molecule has 0 unspecified atom stereocenters. The van der Waals surface area contributed by atoms with Gasteiger partial charge in [-0.05, 0) is 55.7 Å². The van der Waals surface area contributed by atoms with E-state index in [0.29, 0.717) is 31.1 Å². The predicted molar refractivity (Wildman–Crippen MR) is 126 cm³/mol. The zero-order chi connectivity index (χ0) is 22.2. The van der Waals surface area contributed by atoms with Gasteiger partial charge < -0.3 is 24.9 Å². The minimum atomic E-state index is -0.629. The fourth-order valence-electron chi connectivity index (χ4n) is 3.28. The molecule has 0 saturated carbocycles. The molecule has 0 radical (unpaired) electrons. The fraction of sp³-hybridized carbons (Fsp3) is 0.304. The van der Waals surface area contributed by atoms with Gasteiger partial charge in [0.15, 0.2) is 0 Å². The first-order valence-electron chi connectivity index (χ1n) is 10.0. The van der Waals surface area contributed by atoms with Gasteiger partial charge in [0.2, 0.25) is 0 Å². The molecule has 1 amide bonds. The lowest BCUT2D eigenvalue weighted by atomic mass is 10.0. The normalized spacial score (nSPS) is 12.5. The van der Waals surface area contributed by atoms with E-state index in [1.807, 2.05) is 36.4 Å². The molecule has 1 aromatic heterocycles. The highest BCUT2D eigenvalue weighted by Crippen LogP contribution is 2.25. The van der Waals surface area contributed by atoms with Crippen molar-refractivity contribution in [3.05, 3.63) is 77.3 Å². The summed E-state index contributed by atoms with van der Waals surface area (Å²) in [6.07, 6.45) is 3.77. The number of hydrogen-bond donors (Lipinski definition) is 2. The highest BCUT2D eigenvalue weighted by atomic mass is 35.5. The predicted octanol–water partition coefficient (Wildman–Crippen LogP) is 4.07. The van der Waals surface area contributed by atoms with Crippen molar-refractivity contribution >= 4 is 29.9 Å². The Kier molecular flexibility index (Phi) is 9.84. The summed E-state index contributed by atoms with van der Waals surface area (Å²) in [5.74, 6) is 0.911. The number of aryl methyl sites for hydroxylation is 1. The molecule has 2 atom stereocenters. The zero-order valence-corrected chi connectivity index (χ0v) is 19.3. The van der Waals surface area contributed by atoms with Crippen molar-refractivity contribution in [3.8, 4) is 11.5 Å². The average Bonchev–Trinajstić information content (AvgIpc) is 3.23. The van der Waals surface area contributed by atoms with Crippen molar-refractivity contribution in [3.63, 3.8) is 0 Å². The van der Waals surface area contributed by atoms with Crippen LogP contribution in [0.1, 0.15) is 35.4 Å². The topological polar surface area (TPSA) is 99.6 Å². The molecular formula is C23H27Cl2N3O4. The number of nitrogens with zero attached hydrogens (tertiary/aromatic N) is 2. The van der Waals surface area contributed by atoms with E-state index in [4.69, 9.17) is 26.8 Å². The van der Waals surface area contributed by atoms with Gasteiger partial charge in [-0.15, -0.1) is 12.4 Å². The first kappa shape index (κ1) is 25.5. The summed E-state index contributed by atoms with van der Waals surface area (Å²) in [7, 11) is 0. The second kappa shape index (κ2) is 12.3. The number of benzene rings is 2. The Morgan fingerprint density at radius 3 is 2.50 bits per heavy atom. The fourth-order valence-corrected chi connectivity index (χ4v) is 3.41. The van der Waals surface area contributed by atoms with Gasteiger partial charge in [-0.1, -0.05) is 29.8 Å². The van der Waals surface area contributed by atoms with Crippen LogP contribution >= 0.6 is 24.0 Å². The van der Waals surface area contributed by atoms with Gasteiger partial charge in [0, 0.05) is 11.2 Å². The molecule has 3 rings (SSSR count). The largest absolute Gasteiger partial charge is 0.490 e. The van der Waals surface area contributed by atoms with Crippen LogP contribution in [0.5, 0.6) is 11.5 Å². The lowest BCUT2D eigenvalue weighted by Crippen LogP contribution is -2.21. The number of ether oxygens (including phenoxy) is 2. The minimum absolute atomic E-state index is 0. The molecule has 0 aliphatic rings. The Hall–Kier alpha value is -2.74. The number of carbonyl (C=O) groups is 1. The number of halogens is 2. The standard InChI is InChI=1S/C23H26ClN3O4.ClH/c1-16(28)21(27-14-20(23(25)29)26-15-27)11-6-17-4-2-3-5-22(17)31-13-12-30-19-9-7-18(24)8-10-19;/h2-5,7-10,14-16,21,28H,6,11-13H2,1H3,(H2,25,29);1H/t16-,21+;/m0./s1. The summed E-state index contributed by atoms with van der Waals surface area (Å²) in [6.45, 7) is 2.51. The third-order valence-electron chi connectivity index (χ3n) is 4.90. The number of para-hydroxylation sites is 1. The maximum atomic E-state index is 11.3. The van der Waals surface area contributed by atoms with Gasteiger partial charge in [-0.3, -0.25) is 4.79 Å². The summed E-state index contributed by atoms with van der Waals surface area (Å²) in [4.78, 5) is 15.3. The first-order chi connectivity index (χ1) is 14.9. The molecule has 3 N–H and O–H groups in total. The molecule has 1 heterocycles. The van der Waals surface area contributed by atoms with Crippen molar-refractivity contribution in [2.75, 3.05) is 13.2 Å². The van der Waals surface area contributed by atoms with E-state index in [-0.39, 0.29) is 24.1 Å². The number of hydrogen-bond acceptors (Lipinski definition) is 5. The number of primary amides is 1. The molecule has 0 saturated heterocycles. The summed E-state index contributed by atoms with van der Waals surface area (Å²) < 4.78 is 13.3. The first-order valence-corrected chi connectivity index (χ1v) is 10.4. The van der Waals surface area contributed by atoms with Gasteiger partial charge in [0.05, 0.1) is 18.5 Å². The Morgan fingerprint density at radius 2 is 1.84 bits per heavy atom.